The van der Waals surface area contributed by atoms with E-state index < -0.39 is 0 Å². The summed E-state index contributed by atoms with van der Waals surface area (Å²) in [7, 11) is 1.82. The monoisotopic (exact) mass is 373 g/mol. The number of hydrogen-bond acceptors (Lipinski definition) is 2. The Bertz CT molecular complexity index is 479. The van der Waals surface area contributed by atoms with Gasteiger partial charge in [0.1, 0.15) is 5.69 Å². The van der Waals surface area contributed by atoms with Gasteiger partial charge in [-0.2, -0.15) is 5.10 Å². The summed E-state index contributed by atoms with van der Waals surface area (Å²) in [5.41, 5.74) is 0.676. The van der Waals surface area contributed by atoms with Crippen LogP contribution in [0, 0.1) is 21.3 Å². The number of nitrogens with one attached hydrogen (secondary N) is 1. The van der Waals surface area contributed by atoms with Crippen molar-refractivity contribution in [3.63, 3.8) is 0 Å². The summed E-state index contributed by atoms with van der Waals surface area (Å²) in [5, 5.41) is 7.31. The molecule has 4 atom stereocenters. The fourth-order valence-electron chi connectivity index (χ4n) is 3.95. The van der Waals surface area contributed by atoms with Crippen molar-refractivity contribution < 1.29 is 4.79 Å². The molecule has 1 aromatic heterocycles. The lowest BCUT2D eigenvalue weighted by Crippen LogP contribution is -2.41. The van der Waals surface area contributed by atoms with Gasteiger partial charge in [0.15, 0.2) is 0 Å². The number of fused-ring (bicyclic) bond motifs is 2. The van der Waals surface area contributed by atoms with Crippen molar-refractivity contribution in [1.29, 1.82) is 0 Å². The molecule has 1 N–H and O–H groups in total. The minimum Gasteiger partial charge on any atom is -0.348 e. The summed E-state index contributed by atoms with van der Waals surface area (Å²) in [4.78, 5) is 12.3. The van der Waals surface area contributed by atoms with Crippen molar-refractivity contribution >= 4 is 28.5 Å². The molecule has 0 aliphatic heterocycles. The summed E-state index contributed by atoms with van der Waals surface area (Å²) in [6.07, 6.45) is 7.18. The van der Waals surface area contributed by atoms with Crippen LogP contribution in [-0.2, 0) is 7.05 Å². The molecule has 3 rings (SSSR count). The third-order valence-corrected chi connectivity index (χ3v) is 5.69. The predicted molar refractivity (Wildman–Crippen MR) is 81.8 cm³/mol. The Morgan fingerprint density at radius 1 is 1.53 bits per heavy atom. The number of nitrogens with zero attached hydrogens (tertiary/aromatic N) is 2. The van der Waals surface area contributed by atoms with Gasteiger partial charge in [-0.15, -0.1) is 0 Å². The molecule has 4 nitrogen and oxygen atoms in total. The van der Waals surface area contributed by atoms with Crippen LogP contribution in [-0.4, -0.2) is 21.7 Å². The Morgan fingerprint density at radius 3 is 2.84 bits per heavy atom. The summed E-state index contributed by atoms with van der Waals surface area (Å²) in [5.74, 6) is 2.45. The lowest BCUT2D eigenvalue weighted by molar-refractivity contribution is 0.0904. The average molecular weight is 373 g/mol. The third kappa shape index (κ3) is 2.41. The molecule has 1 aromatic rings. The van der Waals surface area contributed by atoms with Crippen LogP contribution >= 0.6 is 22.6 Å². The fourth-order valence-corrected chi connectivity index (χ4v) is 4.67. The molecule has 0 aromatic carbocycles. The minimum absolute atomic E-state index is 0.0136. The smallest absolute Gasteiger partial charge is 0.270 e. The molecule has 104 valence electrons. The van der Waals surface area contributed by atoms with E-state index in [9.17, 15) is 4.79 Å². The van der Waals surface area contributed by atoms with Gasteiger partial charge in [0, 0.05) is 13.1 Å². The predicted octanol–water partition coefficient (Wildman–Crippen LogP) is 2.58. The van der Waals surface area contributed by atoms with E-state index in [1.165, 1.54) is 25.7 Å². The van der Waals surface area contributed by atoms with Crippen molar-refractivity contribution in [3.8, 4) is 0 Å². The molecule has 0 spiro atoms. The van der Waals surface area contributed by atoms with Gasteiger partial charge in [-0.05, 0) is 66.5 Å². The standard InChI is InChI=1S/C14H20IN3O/c1-8(11-6-9-3-4-10(11)5-9)17-14(19)13-12(15)7-16-18(13)2/h7-11H,3-6H2,1-2H3,(H,17,19)/t8-,9+,10+,11+/m0/s1. The summed E-state index contributed by atoms with van der Waals surface area (Å²) >= 11 is 2.17. The Labute approximate surface area is 127 Å². The Kier molecular flexibility index (Phi) is 3.57. The van der Waals surface area contributed by atoms with Gasteiger partial charge in [0.2, 0.25) is 0 Å². The normalized spacial score (nSPS) is 30.6. The zero-order chi connectivity index (χ0) is 13.6. The zero-order valence-electron chi connectivity index (χ0n) is 11.4. The number of rotatable bonds is 3. The van der Waals surface area contributed by atoms with Crippen molar-refractivity contribution in [2.45, 2.75) is 38.6 Å². The first-order valence-electron chi connectivity index (χ1n) is 7.04. The SMILES string of the molecule is C[C@H](NC(=O)c1c(I)cnn1C)[C@H]1C[C@@H]2CC[C@@H]1C2. The Hall–Kier alpha value is -0.590. The first kappa shape index (κ1) is 13.4. The number of carbonyl (C=O) groups excluding carboxylic acids is 1. The average Bonchev–Trinajstić information content (AvgIpc) is 3.05. The molecule has 19 heavy (non-hydrogen) atoms. The molecule has 0 saturated heterocycles. The highest BCUT2D eigenvalue weighted by atomic mass is 127. The highest BCUT2D eigenvalue weighted by molar-refractivity contribution is 14.1. The van der Waals surface area contributed by atoms with Gasteiger partial charge in [-0.1, -0.05) is 6.42 Å². The van der Waals surface area contributed by atoms with Crippen LogP contribution in [0.3, 0.4) is 0 Å². The zero-order valence-corrected chi connectivity index (χ0v) is 13.6. The molecule has 2 fully saturated rings. The van der Waals surface area contributed by atoms with E-state index in [2.05, 4.69) is 39.9 Å². The van der Waals surface area contributed by atoms with Gasteiger partial charge < -0.3 is 5.32 Å². The highest BCUT2D eigenvalue weighted by Gasteiger charge is 2.42. The van der Waals surface area contributed by atoms with E-state index in [0.717, 1.165) is 15.4 Å². The molecule has 1 amide bonds. The Morgan fingerprint density at radius 2 is 2.32 bits per heavy atom. The van der Waals surface area contributed by atoms with Crippen LogP contribution in [0.15, 0.2) is 6.20 Å². The number of aromatic nitrogens is 2. The van der Waals surface area contributed by atoms with Gasteiger partial charge in [0.05, 0.1) is 9.77 Å². The van der Waals surface area contributed by atoms with Gasteiger partial charge in [-0.25, -0.2) is 0 Å². The van der Waals surface area contributed by atoms with E-state index >= 15 is 0 Å². The van der Waals surface area contributed by atoms with Crippen molar-refractivity contribution in [2.75, 3.05) is 0 Å². The van der Waals surface area contributed by atoms with E-state index in [-0.39, 0.29) is 11.9 Å². The highest BCUT2D eigenvalue weighted by Crippen LogP contribution is 2.49. The fraction of sp³-hybridized carbons (Fsp3) is 0.714. The molecule has 5 heteroatoms. The summed E-state index contributed by atoms with van der Waals surface area (Å²) in [6, 6.07) is 0.272. The van der Waals surface area contributed by atoms with Gasteiger partial charge in [-0.3, -0.25) is 9.48 Å². The molecule has 1 heterocycles. The summed E-state index contributed by atoms with van der Waals surface area (Å²) in [6.45, 7) is 2.16. The van der Waals surface area contributed by atoms with Crippen molar-refractivity contribution in [3.05, 3.63) is 15.5 Å². The van der Waals surface area contributed by atoms with Crippen LogP contribution in [0.5, 0.6) is 0 Å². The minimum atomic E-state index is 0.0136. The number of amides is 1. The van der Waals surface area contributed by atoms with E-state index in [1.54, 1.807) is 10.9 Å². The molecular weight excluding hydrogens is 353 g/mol. The van der Waals surface area contributed by atoms with Gasteiger partial charge in [0.25, 0.3) is 5.91 Å². The lowest BCUT2D eigenvalue weighted by atomic mass is 9.84. The van der Waals surface area contributed by atoms with Crippen molar-refractivity contribution in [2.24, 2.45) is 24.8 Å². The number of carbonyl (C=O) groups is 1. The molecule has 2 aliphatic rings. The Balaban J connectivity index is 1.67. The third-order valence-electron chi connectivity index (χ3n) is 4.90. The van der Waals surface area contributed by atoms with Crippen LogP contribution < -0.4 is 5.32 Å². The largest absolute Gasteiger partial charge is 0.348 e. The molecular formula is C14H20IN3O. The van der Waals surface area contributed by atoms with Crippen molar-refractivity contribution in [1.82, 2.24) is 15.1 Å². The lowest BCUT2D eigenvalue weighted by Gasteiger charge is -2.28. The molecule has 0 radical (unpaired) electrons. The quantitative estimate of drug-likeness (QED) is 0.828. The first-order valence-corrected chi connectivity index (χ1v) is 8.12. The van der Waals surface area contributed by atoms with E-state index in [0.29, 0.717) is 11.6 Å². The molecule has 2 aliphatic carbocycles. The van der Waals surface area contributed by atoms with Gasteiger partial charge >= 0.3 is 0 Å². The summed E-state index contributed by atoms with van der Waals surface area (Å²) < 4.78 is 2.57. The molecule has 2 bridgehead atoms. The maximum atomic E-state index is 12.3. The van der Waals surface area contributed by atoms with Crippen LogP contribution in [0.2, 0.25) is 0 Å². The second-order valence-electron chi connectivity index (χ2n) is 6.07. The number of halogens is 1. The molecule has 0 unspecified atom stereocenters. The van der Waals surface area contributed by atoms with Crippen LogP contribution in [0.4, 0.5) is 0 Å². The maximum absolute atomic E-state index is 12.3. The molecule has 2 saturated carbocycles. The first-order chi connectivity index (χ1) is 9.06. The van der Waals surface area contributed by atoms with E-state index in [1.807, 2.05) is 7.05 Å². The number of hydrogen-bond donors (Lipinski definition) is 1. The number of aryl methyl sites for hydroxylation is 1. The van der Waals surface area contributed by atoms with Crippen LogP contribution in [0.1, 0.15) is 43.1 Å². The second kappa shape index (κ2) is 5.07. The van der Waals surface area contributed by atoms with E-state index in [4.69, 9.17) is 0 Å². The topological polar surface area (TPSA) is 46.9 Å². The second-order valence-corrected chi connectivity index (χ2v) is 7.23. The maximum Gasteiger partial charge on any atom is 0.270 e. The van der Waals surface area contributed by atoms with Crippen LogP contribution in [0.25, 0.3) is 0 Å².